The van der Waals surface area contributed by atoms with E-state index in [1.54, 1.807) is 7.11 Å². The predicted molar refractivity (Wildman–Crippen MR) is 64.4 cm³/mol. The molecule has 0 amide bonds. The van der Waals surface area contributed by atoms with Crippen molar-refractivity contribution in [2.24, 2.45) is 0 Å². The monoisotopic (exact) mass is 222 g/mol. The molecule has 0 heterocycles. The molecule has 1 aliphatic carbocycles. The third-order valence-electron chi connectivity index (χ3n) is 2.80. The van der Waals surface area contributed by atoms with Crippen molar-refractivity contribution in [3.8, 4) is 5.75 Å². The Morgan fingerprint density at radius 3 is 2.80 bits per heavy atom. The van der Waals surface area contributed by atoms with Crippen LogP contribution in [0.4, 0.5) is 0 Å². The first-order chi connectivity index (χ1) is 7.31. The van der Waals surface area contributed by atoms with E-state index in [1.807, 2.05) is 18.2 Å². The van der Waals surface area contributed by atoms with E-state index >= 15 is 0 Å². The fourth-order valence-corrected chi connectivity index (χ4v) is 2.19. The third kappa shape index (κ3) is 2.35. The lowest BCUT2D eigenvalue weighted by atomic mass is 9.93. The Balaban J connectivity index is 2.40. The van der Waals surface area contributed by atoms with Crippen LogP contribution in [0, 0.1) is 0 Å². The highest BCUT2D eigenvalue weighted by Gasteiger charge is 2.11. The molecule has 0 atom stereocenters. The van der Waals surface area contributed by atoms with E-state index in [2.05, 4.69) is 6.08 Å². The summed E-state index contributed by atoms with van der Waals surface area (Å²) in [6, 6.07) is 5.80. The number of allylic oxidation sites excluding steroid dienone is 2. The summed E-state index contributed by atoms with van der Waals surface area (Å²) in [5.41, 5.74) is 2.53. The Hall–Kier alpha value is -0.950. The molecule has 1 aromatic carbocycles. The minimum absolute atomic E-state index is 0.775. The van der Waals surface area contributed by atoms with Gasteiger partial charge in [-0.15, -0.1) is 0 Å². The number of benzene rings is 1. The maximum atomic E-state index is 6.01. The average molecular weight is 223 g/mol. The van der Waals surface area contributed by atoms with Crippen LogP contribution in [0.2, 0.25) is 5.02 Å². The van der Waals surface area contributed by atoms with Crippen molar-refractivity contribution in [3.63, 3.8) is 0 Å². The van der Waals surface area contributed by atoms with Gasteiger partial charge >= 0.3 is 0 Å². The number of hydrogen-bond acceptors (Lipinski definition) is 1. The Labute approximate surface area is 95.7 Å². The van der Waals surface area contributed by atoms with E-state index in [1.165, 1.54) is 24.8 Å². The smallest absolute Gasteiger partial charge is 0.126 e. The first-order valence-electron chi connectivity index (χ1n) is 5.34. The summed E-state index contributed by atoms with van der Waals surface area (Å²) in [5.74, 6) is 0.924. The standard InChI is InChI=1S/C13H15ClO/c1-15-13-8-7-11(14)9-12(13)10-5-3-2-4-6-10/h5,7-9H,2-4,6H2,1H3. The van der Waals surface area contributed by atoms with Gasteiger partial charge in [0.25, 0.3) is 0 Å². The molecule has 0 saturated heterocycles. The van der Waals surface area contributed by atoms with E-state index in [0.29, 0.717) is 0 Å². The highest BCUT2D eigenvalue weighted by atomic mass is 35.5. The summed E-state index contributed by atoms with van der Waals surface area (Å²) in [6.45, 7) is 0. The SMILES string of the molecule is COc1ccc(Cl)cc1C1=CCCCC1. The lowest BCUT2D eigenvalue weighted by molar-refractivity contribution is 0.413. The van der Waals surface area contributed by atoms with Crippen molar-refractivity contribution in [1.82, 2.24) is 0 Å². The van der Waals surface area contributed by atoms with Gasteiger partial charge in [-0.3, -0.25) is 0 Å². The molecule has 80 valence electrons. The molecule has 0 radical (unpaired) electrons. The van der Waals surface area contributed by atoms with Gasteiger partial charge in [-0.25, -0.2) is 0 Å². The van der Waals surface area contributed by atoms with E-state index < -0.39 is 0 Å². The van der Waals surface area contributed by atoms with Crippen LogP contribution < -0.4 is 4.74 Å². The Morgan fingerprint density at radius 2 is 2.13 bits per heavy atom. The van der Waals surface area contributed by atoms with Gasteiger partial charge in [-0.1, -0.05) is 17.7 Å². The lowest BCUT2D eigenvalue weighted by Gasteiger charge is -2.16. The van der Waals surface area contributed by atoms with E-state index in [9.17, 15) is 0 Å². The number of hydrogen-bond donors (Lipinski definition) is 0. The van der Waals surface area contributed by atoms with Crippen LogP contribution >= 0.6 is 11.6 Å². The molecule has 2 heteroatoms. The molecule has 0 unspecified atom stereocenters. The minimum atomic E-state index is 0.775. The van der Waals surface area contributed by atoms with Crippen LogP contribution in [0.3, 0.4) is 0 Å². The molecular weight excluding hydrogens is 208 g/mol. The molecule has 0 N–H and O–H groups in total. The molecule has 0 fully saturated rings. The third-order valence-corrected chi connectivity index (χ3v) is 3.03. The fraction of sp³-hybridized carbons (Fsp3) is 0.385. The summed E-state index contributed by atoms with van der Waals surface area (Å²) in [4.78, 5) is 0. The zero-order valence-corrected chi connectivity index (χ0v) is 9.68. The van der Waals surface area contributed by atoms with Gasteiger partial charge < -0.3 is 4.74 Å². The first-order valence-corrected chi connectivity index (χ1v) is 5.72. The quantitative estimate of drug-likeness (QED) is 0.725. The van der Waals surface area contributed by atoms with Crippen LogP contribution in [0.5, 0.6) is 5.75 Å². The van der Waals surface area contributed by atoms with Gasteiger partial charge in [0.2, 0.25) is 0 Å². The van der Waals surface area contributed by atoms with Crippen LogP contribution in [0.25, 0.3) is 5.57 Å². The molecule has 15 heavy (non-hydrogen) atoms. The van der Waals surface area contributed by atoms with Crippen molar-refractivity contribution in [2.45, 2.75) is 25.7 Å². The van der Waals surface area contributed by atoms with E-state index in [-0.39, 0.29) is 0 Å². The number of methoxy groups -OCH3 is 1. The Kier molecular flexibility index (Phi) is 3.32. The molecule has 2 rings (SSSR count). The zero-order chi connectivity index (χ0) is 10.7. The van der Waals surface area contributed by atoms with Crippen LogP contribution in [-0.4, -0.2) is 7.11 Å². The van der Waals surface area contributed by atoms with E-state index in [4.69, 9.17) is 16.3 Å². The molecule has 1 aliphatic rings. The van der Waals surface area contributed by atoms with Crippen molar-refractivity contribution >= 4 is 17.2 Å². The zero-order valence-electron chi connectivity index (χ0n) is 8.92. The molecule has 0 aliphatic heterocycles. The predicted octanol–water partition coefficient (Wildman–Crippen LogP) is 4.31. The minimum Gasteiger partial charge on any atom is -0.496 e. The summed E-state index contributed by atoms with van der Waals surface area (Å²) in [6.07, 6.45) is 7.17. The second kappa shape index (κ2) is 4.71. The van der Waals surface area contributed by atoms with Crippen LogP contribution in [-0.2, 0) is 0 Å². The van der Waals surface area contributed by atoms with Gasteiger partial charge in [-0.05, 0) is 49.5 Å². The van der Waals surface area contributed by atoms with Crippen LogP contribution in [0.15, 0.2) is 24.3 Å². The number of halogens is 1. The maximum absolute atomic E-state index is 6.01. The van der Waals surface area contributed by atoms with Gasteiger partial charge in [-0.2, -0.15) is 0 Å². The Morgan fingerprint density at radius 1 is 1.27 bits per heavy atom. The van der Waals surface area contributed by atoms with Crippen molar-refractivity contribution in [3.05, 3.63) is 34.9 Å². The summed E-state index contributed by atoms with van der Waals surface area (Å²) >= 11 is 6.01. The van der Waals surface area contributed by atoms with Crippen LogP contribution in [0.1, 0.15) is 31.2 Å². The summed E-state index contributed by atoms with van der Waals surface area (Å²) < 4.78 is 5.35. The van der Waals surface area contributed by atoms with Gasteiger partial charge in [0.1, 0.15) is 5.75 Å². The highest BCUT2D eigenvalue weighted by Crippen LogP contribution is 2.34. The lowest BCUT2D eigenvalue weighted by Crippen LogP contribution is -1.95. The molecular formula is C13H15ClO. The average Bonchev–Trinajstić information content (AvgIpc) is 2.30. The molecule has 0 saturated carbocycles. The number of ether oxygens (including phenoxy) is 1. The second-order valence-corrected chi connectivity index (χ2v) is 4.26. The highest BCUT2D eigenvalue weighted by molar-refractivity contribution is 6.30. The second-order valence-electron chi connectivity index (χ2n) is 3.82. The van der Waals surface area contributed by atoms with Crippen molar-refractivity contribution in [2.75, 3.05) is 7.11 Å². The van der Waals surface area contributed by atoms with Crippen molar-refractivity contribution < 1.29 is 4.74 Å². The maximum Gasteiger partial charge on any atom is 0.126 e. The molecule has 1 nitrogen and oxygen atoms in total. The number of rotatable bonds is 2. The summed E-state index contributed by atoms with van der Waals surface area (Å²) in [5, 5.41) is 0.775. The molecule has 0 spiro atoms. The largest absolute Gasteiger partial charge is 0.496 e. The first kappa shape index (κ1) is 10.6. The molecule has 0 bridgehead atoms. The van der Waals surface area contributed by atoms with Gasteiger partial charge in [0, 0.05) is 10.6 Å². The molecule has 0 aromatic heterocycles. The van der Waals surface area contributed by atoms with Crippen molar-refractivity contribution in [1.29, 1.82) is 0 Å². The van der Waals surface area contributed by atoms with E-state index in [0.717, 1.165) is 22.8 Å². The molecule has 1 aromatic rings. The topological polar surface area (TPSA) is 9.23 Å². The Bertz CT molecular complexity index is 382. The fourth-order valence-electron chi connectivity index (χ4n) is 2.01. The van der Waals surface area contributed by atoms with Gasteiger partial charge in [0.15, 0.2) is 0 Å². The van der Waals surface area contributed by atoms with Gasteiger partial charge in [0.05, 0.1) is 7.11 Å². The summed E-state index contributed by atoms with van der Waals surface area (Å²) in [7, 11) is 1.70. The normalized spacial score (nSPS) is 16.0.